The minimum Gasteiger partial charge on any atom is -0.371 e. The molecule has 5 nitrogen and oxygen atoms in total. The quantitative estimate of drug-likeness (QED) is 0.936. The molecule has 0 spiro atoms. The molecule has 128 valence electrons. The third-order valence-electron chi connectivity index (χ3n) is 5.24. The summed E-state index contributed by atoms with van der Waals surface area (Å²) < 4.78 is 16.6. The number of rotatable bonds is 4. The molecule has 6 heteroatoms. The number of nitrogens with one attached hydrogen (secondary N) is 1. The van der Waals surface area contributed by atoms with Gasteiger partial charge < -0.3 is 14.8 Å². The fourth-order valence-electron chi connectivity index (χ4n) is 3.85. The number of fused-ring (bicyclic) bond motifs is 1. The van der Waals surface area contributed by atoms with Crippen LogP contribution in [0, 0.1) is 12.7 Å². The van der Waals surface area contributed by atoms with E-state index in [-0.39, 0.29) is 5.82 Å². The fourth-order valence-corrected chi connectivity index (χ4v) is 3.85. The van der Waals surface area contributed by atoms with Crippen molar-refractivity contribution in [1.29, 1.82) is 0 Å². The summed E-state index contributed by atoms with van der Waals surface area (Å²) >= 11 is 0. The molecule has 1 saturated heterocycles. The van der Waals surface area contributed by atoms with Gasteiger partial charge in [0.15, 0.2) is 0 Å². The summed E-state index contributed by atoms with van der Waals surface area (Å²) in [6, 6.07) is 5.77. The Bertz CT molecular complexity index is 720. The second-order valence-electron chi connectivity index (χ2n) is 6.82. The number of anilines is 1. The van der Waals surface area contributed by atoms with Crippen molar-refractivity contribution in [3.8, 4) is 0 Å². The summed E-state index contributed by atoms with van der Waals surface area (Å²) in [6.45, 7) is 5.48. The number of aryl methyl sites for hydroxylation is 2. The first-order valence-electron chi connectivity index (χ1n) is 8.87. The van der Waals surface area contributed by atoms with Crippen molar-refractivity contribution in [2.75, 3.05) is 18.0 Å². The highest BCUT2D eigenvalue weighted by Gasteiger charge is 2.23. The summed E-state index contributed by atoms with van der Waals surface area (Å²) in [7, 11) is 0. The molecule has 1 atom stereocenters. The Kier molecular flexibility index (Phi) is 4.22. The average molecular weight is 329 g/mol. The van der Waals surface area contributed by atoms with Gasteiger partial charge in [0.25, 0.3) is 0 Å². The molecular weight excluding hydrogens is 305 g/mol. The topological polar surface area (TPSA) is 46.0 Å². The van der Waals surface area contributed by atoms with Crippen LogP contribution in [0.4, 0.5) is 10.1 Å². The summed E-state index contributed by atoms with van der Waals surface area (Å²) in [5, 5.41) is 11.9. The summed E-state index contributed by atoms with van der Waals surface area (Å²) in [4.78, 5) is 2.31. The fraction of sp³-hybridized carbons (Fsp3) is 0.556. The molecule has 1 unspecified atom stereocenters. The Balaban J connectivity index is 1.47. The van der Waals surface area contributed by atoms with Gasteiger partial charge in [-0.05, 0) is 38.3 Å². The van der Waals surface area contributed by atoms with E-state index in [0.29, 0.717) is 12.6 Å². The predicted molar refractivity (Wildman–Crippen MR) is 91.6 cm³/mol. The number of hydrogen-bond donors (Lipinski definition) is 1. The second-order valence-corrected chi connectivity index (χ2v) is 6.82. The van der Waals surface area contributed by atoms with Gasteiger partial charge in [0, 0.05) is 49.9 Å². The van der Waals surface area contributed by atoms with Crippen LogP contribution in [-0.4, -0.2) is 33.9 Å². The highest BCUT2D eigenvalue weighted by atomic mass is 19.1. The van der Waals surface area contributed by atoms with Gasteiger partial charge in [-0.25, -0.2) is 4.39 Å². The Morgan fingerprint density at radius 1 is 1.25 bits per heavy atom. The van der Waals surface area contributed by atoms with E-state index < -0.39 is 0 Å². The minimum absolute atomic E-state index is 0.108. The van der Waals surface area contributed by atoms with Crippen molar-refractivity contribution in [3.63, 3.8) is 0 Å². The van der Waals surface area contributed by atoms with Gasteiger partial charge in [0.05, 0.1) is 0 Å². The maximum absolute atomic E-state index is 14.4. The second kappa shape index (κ2) is 6.51. The van der Waals surface area contributed by atoms with E-state index in [9.17, 15) is 4.39 Å². The Labute approximate surface area is 141 Å². The lowest BCUT2D eigenvalue weighted by Crippen LogP contribution is -2.38. The van der Waals surface area contributed by atoms with Crippen molar-refractivity contribution in [2.45, 2.75) is 51.7 Å². The van der Waals surface area contributed by atoms with Gasteiger partial charge >= 0.3 is 0 Å². The van der Waals surface area contributed by atoms with Crippen molar-refractivity contribution in [2.24, 2.45) is 0 Å². The van der Waals surface area contributed by atoms with Crippen molar-refractivity contribution < 1.29 is 4.39 Å². The van der Waals surface area contributed by atoms with E-state index >= 15 is 0 Å². The lowest BCUT2D eigenvalue weighted by atomic mass is 10.1. The molecule has 2 aliphatic rings. The molecule has 24 heavy (non-hydrogen) atoms. The normalized spacial score (nSPS) is 20.4. The molecule has 0 radical (unpaired) electrons. The van der Waals surface area contributed by atoms with E-state index in [1.165, 1.54) is 12.8 Å². The van der Waals surface area contributed by atoms with E-state index in [4.69, 9.17) is 0 Å². The summed E-state index contributed by atoms with van der Waals surface area (Å²) in [5.41, 5.74) is 1.85. The molecule has 1 aromatic heterocycles. The molecule has 2 aromatic rings. The van der Waals surface area contributed by atoms with Crippen LogP contribution in [0.1, 0.15) is 36.5 Å². The number of hydrogen-bond acceptors (Lipinski definition) is 4. The Morgan fingerprint density at radius 2 is 2.08 bits per heavy atom. The number of nitrogens with zero attached hydrogens (tertiary/aromatic N) is 4. The molecule has 1 aromatic carbocycles. The maximum atomic E-state index is 14.4. The van der Waals surface area contributed by atoms with Crippen LogP contribution in [0.2, 0.25) is 0 Å². The zero-order valence-corrected chi connectivity index (χ0v) is 14.1. The number of aromatic nitrogens is 3. The molecule has 0 bridgehead atoms. The van der Waals surface area contributed by atoms with Crippen LogP contribution < -0.4 is 10.2 Å². The zero-order valence-electron chi connectivity index (χ0n) is 14.1. The van der Waals surface area contributed by atoms with Gasteiger partial charge in [-0.15, -0.1) is 10.2 Å². The third-order valence-corrected chi connectivity index (χ3v) is 5.24. The van der Waals surface area contributed by atoms with E-state index in [2.05, 4.69) is 25.0 Å². The van der Waals surface area contributed by atoms with Crippen LogP contribution in [0.5, 0.6) is 0 Å². The number of benzene rings is 1. The van der Waals surface area contributed by atoms with Crippen molar-refractivity contribution in [3.05, 3.63) is 41.2 Å². The molecule has 1 N–H and O–H groups in total. The molecule has 0 aliphatic carbocycles. The highest BCUT2D eigenvalue weighted by Crippen LogP contribution is 2.27. The van der Waals surface area contributed by atoms with E-state index in [1.54, 1.807) is 6.07 Å². The van der Waals surface area contributed by atoms with Crippen LogP contribution in [0.15, 0.2) is 18.2 Å². The predicted octanol–water partition coefficient (Wildman–Crippen LogP) is 2.43. The molecular formula is C18H24FN5. The lowest BCUT2D eigenvalue weighted by Gasteiger charge is -2.27. The van der Waals surface area contributed by atoms with Gasteiger partial charge in [-0.1, -0.05) is 6.07 Å². The zero-order chi connectivity index (χ0) is 16.5. The monoisotopic (exact) mass is 329 g/mol. The molecule has 0 amide bonds. The van der Waals surface area contributed by atoms with Crippen molar-refractivity contribution in [1.82, 2.24) is 20.1 Å². The van der Waals surface area contributed by atoms with Crippen LogP contribution in [0.25, 0.3) is 0 Å². The molecule has 3 heterocycles. The molecule has 0 saturated carbocycles. The number of halogens is 1. The van der Waals surface area contributed by atoms with Crippen LogP contribution in [-0.2, 0) is 19.5 Å². The van der Waals surface area contributed by atoms with Crippen LogP contribution >= 0.6 is 0 Å². The first-order chi connectivity index (χ1) is 11.7. The SMILES string of the molecule is Cc1nnc2n1CC(NCc1c(F)cccc1N1CCCC1)CC2. The highest BCUT2D eigenvalue weighted by molar-refractivity contribution is 5.54. The van der Waals surface area contributed by atoms with Gasteiger partial charge in [-0.3, -0.25) is 0 Å². The lowest BCUT2D eigenvalue weighted by molar-refractivity contribution is 0.373. The first kappa shape index (κ1) is 15.6. The standard InChI is InChI=1S/C18H24FN5/c1-13-21-22-18-8-7-14(12-24(13)18)20-11-15-16(19)5-4-6-17(15)23-9-2-3-10-23/h4-6,14,20H,2-3,7-12H2,1H3. The first-order valence-corrected chi connectivity index (χ1v) is 8.87. The Hall–Kier alpha value is -1.95. The summed E-state index contributed by atoms with van der Waals surface area (Å²) in [5.74, 6) is 1.92. The Morgan fingerprint density at radius 3 is 2.92 bits per heavy atom. The van der Waals surface area contributed by atoms with Gasteiger partial charge in [0.2, 0.25) is 0 Å². The van der Waals surface area contributed by atoms with E-state index in [0.717, 1.165) is 55.4 Å². The molecule has 1 fully saturated rings. The average Bonchev–Trinajstić information content (AvgIpc) is 3.24. The minimum atomic E-state index is -0.108. The third kappa shape index (κ3) is 2.90. The largest absolute Gasteiger partial charge is 0.371 e. The van der Waals surface area contributed by atoms with E-state index in [1.807, 2.05) is 19.1 Å². The van der Waals surface area contributed by atoms with Crippen LogP contribution in [0.3, 0.4) is 0 Å². The van der Waals surface area contributed by atoms with Gasteiger partial charge in [0.1, 0.15) is 17.5 Å². The van der Waals surface area contributed by atoms with Gasteiger partial charge in [-0.2, -0.15) is 0 Å². The summed E-state index contributed by atoms with van der Waals surface area (Å²) in [6.07, 6.45) is 4.34. The molecule has 2 aliphatic heterocycles. The molecule has 4 rings (SSSR count). The smallest absolute Gasteiger partial charge is 0.133 e. The maximum Gasteiger partial charge on any atom is 0.133 e. The van der Waals surface area contributed by atoms with Crippen molar-refractivity contribution >= 4 is 5.69 Å².